The van der Waals surface area contributed by atoms with Gasteiger partial charge in [0.2, 0.25) is 0 Å². The van der Waals surface area contributed by atoms with Crippen molar-refractivity contribution in [2.24, 2.45) is 0 Å². The summed E-state index contributed by atoms with van der Waals surface area (Å²) in [5.41, 5.74) is 1.76. The number of rotatable bonds is 5. The van der Waals surface area contributed by atoms with E-state index >= 15 is 0 Å². The third-order valence-corrected chi connectivity index (χ3v) is 5.28. The molecule has 7 heteroatoms. The number of ether oxygens (including phenoxy) is 1. The van der Waals surface area contributed by atoms with Gasteiger partial charge in [0.1, 0.15) is 5.82 Å². The Hall–Kier alpha value is -3.32. The predicted octanol–water partition coefficient (Wildman–Crippen LogP) is 2.59. The molecule has 0 saturated carbocycles. The molecule has 0 N–H and O–H groups in total. The normalized spacial score (nSPS) is 16.5. The highest BCUT2D eigenvalue weighted by Gasteiger charge is 2.24. The van der Waals surface area contributed by atoms with Crippen LogP contribution >= 0.6 is 0 Å². The van der Waals surface area contributed by atoms with Crippen molar-refractivity contribution in [3.05, 3.63) is 88.5 Å². The Balaban J connectivity index is 1.52. The van der Waals surface area contributed by atoms with Gasteiger partial charge in [0.05, 0.1) is 36.9 Å². The fourth-order valence-corrected chi connectivity index (χ4v) is 3.68. The highest BCUT2D eigenvalue weighted by molar-refractivity contribution is 5.76. The molecule has 7 nitrogen and oxygen atoms in total. The maximum Gasteiger partial charge on any atom is 0.261 e. The molecule has 3 heterocycles. The molecule has 1 aliphatic heterocycles. The molecular weight excluding hydrogens is 366 g/mol. The second-order valence-corrected chi connectivity index (χ2v) is 7.28. The summed E-state index contributed by atoms with van der Waals surface area (Å²) in [6.07, 6.45) is 2.51. The molecule has 2 aromatic carbocycles. The summed E-state index contributed by atoms with van der Waals surface area (Å²) >= 11 is 0. The van der Waals surface area contributed by atoms with E-state index < -0.39 is 0 Å². The summed E-state index contributed by atoms with van der Waals surface area (Å²) < 4.78 is 9.00. The van der Waals surface area contributed by atoms with Crippen LogP contribution in [0.2, 0.25) is 0 Å². The zero-order valence-corrected chi connectivity index (χ0v) is 15.9. The average molecular weight is 387 g/mol. The van der Waals surface area contributed by atoms with Crippen LogP contribution in [0.5, 0.6) is 0 Å². The molecule has 0 radical (unpaired) electrons. The van der Waals surface area contributed by atoms with Crippen molar-refractivity contribution in [3.63, 3.8) is 0 Å². The topological polar surface area (TPSA) is 74.8 Å². The number of benzene rings is 2. The predicted molar refractivity (Wildman–Crippen MR) is 109 cm³/mol. The Morgan fingerprint density at radius 1 is 1.03 bits per heavy atom. The van der Waals surface area contributed by atoms with Crippen LogP contribution in [0.15, 0.2) is 65.7 Å². The lowest BCUT2D eigenvalue weighted by molar-refractivity contribution is 0.193. The first kappa shape index (κ1) is 17.8. The molecule has 1 aliphatic rings. The van der Waals surface area contributed by atoms with E-state index in [0.717, 1.165) is 30.2 Å². The summed E-state index contributed by atoms with van der Waals surface area (Å²) in [7, 11) is 0. The van der Waals surface area contributed by atoms with E-state index in [9.17, 15) is 4.79 Å². The minimum absolute atomic E-state index is 0.0735. The van der Waals surface area contributed by atoms with Crippen LogP contribution in [-0.2, 0) is 17.8 Å². The van der Waals surface area contributed by atoms with Crippen LogP contribution in [-0.4, -0.2) is 37.5 Å². The van der Waals surface area contributed by atoms with E-state index in [4.69, 9.17) is 14.8 Å². The van der Waals surface area contributed by atoms with Crippen LogP contribution in [0, 0.1) is 0 Å². The molecule has 1 fully saturated rings. The van der Waals surface area contributed by atoms with Crippen molar-refractivity contribution in [3.8, 4) is 0 Å². The zero-order valence-electron chi connectivity index (χ0n) is 15.9. The van der Waals surface area contributed by atoms with Crippen molar-refractivity contribution >= 4 is 10.9 Å². The van der Waals surface area contributed by atoms with Crippen LogP contribution in [0.1, 0.15) is 29.6 Å². The van der Waals surface area contributed by atoms with Crippen LogP contribution in [0.4, 0.5) is 0 Å². The lowest BCUT2D eigenvalue weighted by Crippen LogP contribution is -2.23. The quantitative estimate of drug-likeness (QED) is 0.526. The molecule has 2 aromatic heterocycles. The Morgan fingerprint density at radius 2 is 1.86 bits per heavy atom. The molecule has 0 spiro atoms. The molecule has 0 amide bonds. The summed E-state index contributed by atoms with van der Waals surface area (Å²) in [5, 5.41) is 5.37. The van der Waals surface area contributed by atoms with Gasteiger partial charge in [0.15, 0.2) is 5.82 Å². The van der Waals surface area contributed by atoms with Gasteiger partial charge in [-0.1, -0.05) is 42.5 Å². The van der Waals surface area contributed by atoms with Gasteiger partial charge in [-0.2, -0.15) is 5.10 Å². The lowest BCUT2D eigenvalue weighted by atomic mass is 10.1. The third-order valence-electron chi connectivity index (χ3n) is 5.28. The van der Waals surface area contributed by atoms with Crippen LogP contribution < -0.4 is 5.56 Å². The lowest BCUT2D eigenvalue weighted by Gasteiger charge is -2.08. The molecule has 29 heavy (non-hydrogen) atoms. The van der Waals surface area contributed by atoms with Crippen molar-refractivity contribution < 1.29 is 4.74 Å². The Bertz CT molecular complexity index is 1190. The fourth-order valence-electron chi connectivity index (χ4n) is 3.68. The van der Waals surface area contributed by atoms with E-state index in [1.165, 1.54) is 0 Å². The summed E-state index contributed by atoms with van der Waals surface area (Å²) in [4.78, 5) is 22.1. The molecule has 4 aromatic rings. The van der Waals surface area contributed by atoms with E-state index in [1.54, 1.807) is 17.0 Å². The highest BCUT2D eigenvalue weighted by atomic mass is 16.5. The molecule has 146 valence electrons. The van der Waals surface area contributed by atoms with Gasteiger partial charge >= 0.3 is 0 Å². The number of para-hydroxylation sites is 1. The molecule has 1 saturated heterocycles. The van der Waals surface area contributed by atoms with Crippen molar-refractivity contribution in [1.82, 2.24) is 24.3 Å². The number of aromatic nitrogens is 5. The molecule has 1 atom stereocenters. The molecular formula is C22H21N5O2. The number of hydrogen-bond donors (Lipinski definition) is 0. The van der Waals surface area contributed by atoms with Crippen molar-refractivity contribution in [1.29, 1.82) is 0 Å². The third kappa shape index (κ3) is 3.56. The Labute approximate surface area is 167 Å². The first-order chi connectivity index (χ1) is 14.3. The van der Waals surface area contributed by atoms with Crippen molar-refractivity contribution in [2.45, 2.75) is 25.4 Å². The maximum atomic E-state index is 12.9. The largest absolute Gasteiger partial charge is 0.381 e. The van der Waals surface area contributed by atoms with Gasteiger partial charge in [0, 0.05) is 12.5 Å². The minimum atomic E-state index is -0.0735. The van der Waals surface area contributed by atoms with E-state index in [2.05, 4.69) is 17.1 Å². The zero-order chi connectivity index (χ0) is 19.6. The van der Waals surface area contributed by atoms with E-state index in [-0.39, 0.29) is 11.5 Å². The standard InChI is InChI=1S/C22H21N5O2/c28-22-18-8-4-5-9-19(18)23-15-26(22)13-20-24-21(17-10-11-29-14-17)25-27(20)12-16-6-2-1-3-7-16/h1-9,15,17H,10-14H2/t17-/m0/s1. The second-order valence-electron chi connectivity index (χ2n) is 7.28. The Morgan fingerprint density at radius 3 is 2.69 bits per heavy atom. The first-order valence-electron chi connectivity index (χ1n) is 9.77. The maximum absolute atomic E-state index is 12.9. The average Bonchev–Trinajstić information content (AvgIpc) is 3.42. The van der Waals surface area contributed by atoms with Gasteiger partial charge in [-0.05, 0) is 24.1 Å². The van der Waals surface area contributed by atoms with Crippen molar-refractivity contribution in [2.75, 3.05) is 13.2 Å². The van der Waals surface area contributed by atoms with Gasteiger partial charge in [0.25, 0.3) is 5.56 Å². The monoisotopic (exact) mass is 387 g/mol. The smallest absolute Gasteiger partial charge is 0.261 e. The van der Waals surface area contributed by atoms with Crippen LogP contribution in [0.25, 0.3) is 10.9 Å². The highest BCUT2D eigenvalue weighted by Crippen LogP contribution is 2.23. The molecule has 0 bridgehead atoms. The van der Waals surface area contributed by atoms with Gasteiger partial charge in [-0.3, -0.25) is 9.36 Å². The molecule has 5 rings (SSSR count). The Kier molecular flexibility index (Phi) is 4.65. The molecule has 0 unspecified atom stereocenters. The fraction of sp³-hybridized carbons (Fsp3) is 0.273. The summed E-state index contributed by atoms with van der Waals surface area (Å²) in [5.74, 6) is 1.74. The minimum Gasteiger partial charge on any atom is -0.381 e. The van der Waals surface area contributed by atoms with Crippen LogP contribution in [0.3, 0.4) is 0 Å². The SMILES string of the molecule is O=c1c2ccccc2ncn1Cc1nc([C@H]2CCOC2)nn1Cc1ccccc1. The number of fused-ring (bicyclic) bond motifs is 1. The first-order valence-corrected chi connectivity index (χ1v) is 9.77. The second kappa shape index (κ2) is 7.60. The van der Waals surface area contributed by atoms with E-state index in [0.29, 0.717) is 30.6 Å². The summed E-state index contributed by atoms with van der Waals surface area (Å²) in [6.45, 7) is 2.31. The van der Waals surface area contributed by atoms with Gasteiger partial charge in [-0.25, -0.2) is 14.6 Å². The summed E-state index contributed by atoms with van der Waals surface area (Å²) in [6, 6.07) is 17.5. The van der Waals surface area contributed by atoms with E-state index in [1.807, 2.05) is 41.1 Å². The molecule has 0 aliphatic carbocycles. The number of hydrogen-bond acceptors (Lipinski definition) is 5. The number of nitrogens with zero attached hydrogens (tertiary/aromatic N) is 5. The van der Waals surface area contributed by atoms with Gasteiger partial charge < -0.3 is 4.74 Å². The van der Waals surface area contributed by atoms with Gasteiger partial charge in [-0.15, -0.1) is 0 Å².